The van der Waals surface area contributed by atoms with E-state index in [0.717, 1.165) is 35.7 Å². The van der Waals surface area contributed by atoms with Gasteiger partial charge in [-0.15, -0.1) is 11.8 Å². The first-order chi connectivity index (χ1) is 20.2. The fourth-order valence-electron chi connectivity index (χ4n) is 4.71. The van der Waals surface area contributed by atoms with Crippen molar-refractivity contribution in [1.29, 1.82) is 0 Å². The molecule has 1 aliphatic carbocycles. The largest absolute Gasteiger partial charge is 0.543 e. The number of nitrogens with two attached hydrogens (primary N) is 2. The predicted molar refractivity (Wildman–Crippen MR) is 146 cm³/mol. The topological polar surface area (TPSA) is 239 Å². The third kappa shape index (κ3) is 4.85. The number of rotatable bonds is 10. The number of carboxylic acid groups (broad SMARTS) is 1. The number of aliphatic carboxylic acids is 1. The Morgan fingerprint density at radius 2 is 2.12 bits per heavy atom. The lowest BCUT2D eigenvalue weighted by Gasteiger charge is -2.50. The number of hydrogen-bond donors (Lipinski definition) is 4. The van der Waals surface area contributed by atoms with Gasteiger partial charge in [0.15, 0.2) is 17.1 Å². The van der Waals surface area contributed by atoms with E-state index in [0.29, 0.717) is 23.4 Å². The van der Waals surface area contributed by atoms with Gasteiger partial charge in [0.05, 0.1) is 11.7 Å². The number of β-lactam (4-membered cyclic amide) rings is 1. The third-order valence-corrected chi connectivity index (χ3v) is 8.83. The van der Waals surface area contributed by atoms with Crippen LogP contribution in [0.15, 0.2) is 34.8 Å². The smallest absolute Gasteiger partial charge is 0.309 e. The molecule has 6 rings (SSSR count). The average molecular weight is 614 g/mol. The number of amides is 3. The Morgan fingerprint density at radius 3 is 2.79 bits per heavy atom. The monoisotopic (exact) mass is 613 g/mol. The van der Waals surface area contributed by atoms with E-state index in [-0.39, 0.29) is 46.6 Å². The summed E-state index contributed by atoms with van der Waals surface area (Å²) < 4.78 is 7.10. The molecule has 2 atom stereocenters. The number of carboxylic acids is 1. The SMILES string of the molecule is Nc1ccc2n(n1)c(NC=O)c[n+]2CC1=C(C(=O)[O-])N2C(=O)[C@@H](NC(=O)/C(=N\OC3CCC3)c3nsc(N)n3)[C@H]2SC1. The normalized spacial score (nSPS) is 20.5. The van der Waals surface area contributed by atoms with Gasteiger partial charge >= 0.3 is 5.65 Å². The Kier molecular flexibility index (Phi) is 7.11. The van der Waals surface area contributed by atoms with E-state index in [9.17, 15) is 24.3 Å². The molecule has 1 saturated carbocycles. The zero-order valence-electron chi connectivity index (χ0n) is 21.6. The molecule has 0 aromatic carbocycles. The molecular formula is C23H23N11O6S2. The Balaban J connectivity index is 1.23. The average Bonchev–Trinajstić information content (AvgIpc) is 3.51. The highest BCUT2D eigenvalue weighted by molar-refractivity contribution is 8.00. The van der Waals surface area contributed by atoms with E-state index in [1.807, 2.05) is 0 Å². The van der Waals surface area contributed by atoms with Gasteiger partial charge in [0, 0.05) is 28.9 Å². The maximum absolute atomic E-state index is 13.2. The van der Waals surface area contributed by atoms with Crippen LogP contribution in [-0.4, -0.2) is 77.0 Å². The fraction of sp³-hybridized carbons (Fsp3) is 0.348. The lowest BCUT2D eigenvalue weighted by molar-refractivity contribution is -0.662. The number of thioether (sulfide) groups is 1. The molecule has 0 radical (unpaired) electrons. The van der Waals surface area contributed by atoms with Crippen LogP contribution in [0.25, 0.3) is 5.65 Å². The Labute approximate surface area is 244 Å². The van der Waals surface area contributed by atoms with Gasteiger partial charge in [0.1, 0.15) is 24.1 Å². The molecule has 3 aliphatic rings. The van der Waals surface area contributed by atoms with E-state index in [2.05, 4.69) is 30.2 Å². The Bertz CT molecular complexity index is 1680. The molecule has 2 fully saturated rings. The summed E-state index contributed by atoms with van der Waals surface area (Å²) >= 11 is 2.16. The molecule has 42 heavy (non-hydrogen) atoms. The molecule has 5 heterocycles. The molecule has 2 aliphatic heterocycles. The summed E-state index contributed by atoms with van der Waals surface area (Å²) in [5.41, 5.74) is 11.8. The molecule has 0 spiro atoms. The van der Waals surface area contributed by atoms with E-state index in [4.69, 9.17) is 16.3 Å². The quantitative estimate of drug-likeness (QED) is 0.0614. The number of carbonyl (C=O) groups is 4. The second-order valence-corrected chi connectivity index (χ2v) is 11.5. The Hall–Kier alpha value is -4.78. The van der Waals surface area contributed by atoms with Gasteiger partial charge in [0.2, 0.25) is 17.9 Å². The van der Waals surface area contributed by atoms with Crippen molar-refractivity contribution in [1.82, 2.24) is 29.2 Å². The highest BCUT2D eigenvalue weighted by Gasteiger charge is 2.53. The summed E-state index contributed by atoms with van der Waals surface area (Å²) in [6.07, 6.45) is 4.52. The van der Waals surface area contributed by atoms with Crippen LogP contribution in [0.2, 0.25) is 0 Å². The highest BCUT2D eigenvalue weighted by atomic mass is 32.2. The fourth-order valence-corrected chi connectivity index (χ4v) is 6.48. The maximum atomic E-state index is 13.2. The first-order valence-corrected chi connectivity index (χ1v) is 14.5. The number of anilines is 3. The van der Waals surface area contributed by atoms with Gasteiger partial charge < -0.3 is 31.5 Å². The molecule has 3 aromatic rings. The third-order valence-electron chi connectivity index (χ3n) is 6.95. The number of oxime groups is 1. The van der Waals surface area contributed by atoms with Crippen LogP contribution in [0.4, 0.5) is 16.8 Å². The first-order valence-electron chi connectivity index (χ1n) is 12.6. The van der Waals surface area contributed by atoms with Crippen LogP contribution in [0.1, 0.15) is 25.1 Å². The molecule has 3 amide bonds. The summed E-state index contributed by atoms with van der Waals surface area (Å²) in [6.45, 7) is 0.0473. The van der Waals surface area contributed by atoms with Gasteiger partial charge in [-0.25, -0.2) is 4.57 Å². The van der Waals surface area contributed by atoms with Crippen molar-refractivity contribution in [3.05, 3.63) is 35.4 Å². The molecule has 0 bridgehead atoms. The summed E-state index contributed by atoms with van der Waals surface area (Å²) in [4.78, 5) is 60.4. The summed E-state index contributed by atoms with van der Waals surface area (Å²) in [5, 5.41) is 25.0. The van der Waals surface area contributed by atoms with Gasteiger partial charge in [-0.05, 0) is 25.3 Å². The number of imidazole rings is 1. The van der Waals surface area contributed by atoms with Gasteiger partial charge in [-0.2, -0.15) is 9.36 Å². The molecule has 1 saturated heterocycles. The maximum Gasteiger partial charge on any atom is 0.309 e. The van der Waals surface area contributed by atoms with E-state index >= 15 is 0 Å². The molecule has 6 N–H and O–H groups in total. The molecule has 0 unspecified atom stereocenters. The number of aromatic nitrogens is 5. The van der Waals surface area contributed by atoms with E-state index in [1.54, 1.807) is 22.9 Å². The summed E-state index contributed by atoms with van der Waals surface area (Å²) in [5.74, 6) is -2.24. The standard InChI is InChI=1S/C23H23N11O6S2/c24-12-4-5-14-32(7-13(26-9-35)34(14)29-12)6-10-8-41-21-16(20(37)33(21)17(10)22(38)39)27-19(36)15(18-28-23(25)42-31-18)30-40-11-2-1-3-11/h4-5,7,9,11,16,21H,1-3,6,8H2,(H6-,24,25,26,27,28,29,31,35,36,38,39)/b30-15-/t16-,21-/m1/s1. The van der Waals surface area contributed by atoms with Crippen molar-refractivity contribution >= 4 is 75.6 Å². The van der Waals surface area contributed by atoms with Crippen molar-refractivity contribution in [3.8, 4) is 0 Å². The van der Waals surface area contributed by atoms with Crippen molar-refractivity contribution in [2.75, 3.05) is 22.5 Å². The van der Waals surface area contributed by atoms with Gasteiger partial charge in [-0.1, -0.05) is 14.8 Å². The lowest BCUT2D eigenvalue weighted by atomic mass is 9.97. The minimum Gasteiger partial charge on any atom is -0.543 e. The van der Waals surface area contributed by atoms with Crippen LogP contribution in [-0.2, 0) is 30.6 Å². The van der Waals surface area contributed by atoms with Crippen molar-refractivity contribution in [2.45, 2.75) is 43.3 Å². The van der Waals surface area contributed by atoms with Crippen LogP contribution in [0, 0.1) is 0 Å². The predicted octanol–water partition coefficient (Wildman–Crippen LogP) is -2.42. The Morgan fingerprint density at radius 1 is 1.31 bits per heavy atom. The molecular weight excluding hydrogens is 590 g/mol. The zero-order chi connectivity index (χ0) is 29.5. The lowest BCUT2D eigenvalue weighted by Crippen LogP contribution is -2.71. The number of hydrogen-bond acceptors (Lipinski definition) is 14. The van der Waals surface area contributed by atoms with E-state index < -0.39 is 29.2 Å². The second-order valence-electron chi connectivity index (χ2n) is 9.59. The number of fused-ring (bicyclic) bond motifs is 2. The number of nitrogens with one attached hydrogen (secondary N) is 2. The van der Waals surface area contributed by atoms with Gasteiger partial charge in [0.25, 0.3) is 17.6 Å². The first kappa shape index (κ1) is 27.4. The minimum absolute atomic E-state index is 0.0386. The molecule has 218 valence electrons. The van der Waals surface area contributed by atoms with Gasteiger partial charge in [-0.3, -0.25) is 24.6 Å². The number of nitrogen functional groups attached to an aromatic ring is 2. The van der Waals surface area contributed by atoms with Crippen LogP contribution >= 0.6 is 23.3 Å². The molecule has 17 nitrogen and oxygen atoms in total. The highest BCUT2D eigenvalue weighted by Crippen LogP contribution is 2.40. The minimum atomic E-state index is -1.54. The van der Waals surface area contributed by atoms with Crippen LogP contribution in [0.3, 0.4) is 0 Å². The number of nitrogens with zero attached hydrogens (tertiary/aromatic N) is 7. The van der Waals surface area contributed by atoms with Crippen LogP contribution < -0.4 is 31.8 Å². The van der Waals surface area contributed by atoms with Crippen LogP contribution in [0.5, 0.6) is 0 Å². The van der Waals surface area contributed by atoms with Crippen molar-refractivity contribution < 1.29 is 33.7 Å². The molecule has 3 aromatic heterocycles. The van der Waals surface area contributed by atoms with Crippen molar-refractivity contribution in [2.24, 2.45) is 5.16 Å². The number of carbonyl (C=O) groups excluding carboxylic acids is 4. The van der Waals surface area contributed by atoms with Crippen molar-refractivity contribution in [3.63, 3.8) is 0 Å². The zero-order valence-corrected chi connectivity index (χ0v) is 23.3. The summed E-state index contributed by atoms with van der Waals surface area (Å²) in [6, 6.07) is 2.18. The molecule has 19 heteroatoms. The van der Waals surface area contributed by atoms with E-state index in [1.165, 1.54) is 16.3 Å². The second kappa shape index (κ2) is 10.9. The summed E-state index contributed by atoms with van der Waals surface area (Å²) in [7, 11) is 0.